The van der Waals surface area contributed by atoms with Gasteiger partial charge in [-0.15, -0.1) is 0 Å². The molecule has 2 unspecified atom stereocenters. The Bertz CT molecular complexity index is 825. The number of hydrogen-bond acceptors (Lipinski definition) is 5. The van der Waals surface area contributed by atoms with Crippen molar-refractivity contribution in [1.29, 1.82) is 0 Å². The van der Waals surface area contributed by atoms with Crippen molar-refractivity contribution < 1.29 is 23.7 Å². The summed E-state index contributed by atoms with van der Waals surface area (Å²) in [6.07, 6.45) is -1.17. The number of para-hydroxylation sites is 2. The van der Waals surface area contributed by atoms with Gasteiger partial charge in [0.1, 0.15) is 19.3 Å². The van der Waals surface area contributed by atoms with E-state index in [-0.39, 0.29) is 5.91 Å². The van der Waals surface area contributed by atoms with Crippen LogP contribution in [0.3, 0.4) is 0 Å². The van der Waals surface area contributed by atoms with Crippen LogP contribution in [-0.2, 0) is 4.79 Å². The number of anilines is 1. The third-order valence-corrected chi connectivity index (χ3v) is 4.65. The third-order valence-electron chi connectivity index (χ3n) is 3.99. The van der Waals surface area contributed by atoms with E-state index in [0.717, 1.165) is 0 Å². The monoisotopic (exact) mass is 405 g/mol. The van der Waals surface area contributed by atoms with Gasteiger partial charge in [-0.2, -0.15) is 0 Å². The fraction of sp³-hybridized carbons (Fsp3) is 0.278. The van der Waals surface area contributed by atoms with Gasteiger partial charge in [0.2, 0.25) is 6.10 Å². The lowest BCUT2D eigenvalue weighted by Crippen LogP contribution is -2.46. The molecule has 0 radical (unpaired) electrons. The quantitative estimate of drug-likeness (QED) is 0.829. The first-order valence-corrected chi connectivity index (χ1v) is 8.73. The van der Waals surface area contributed by atoms with Crippen molar-refractivity contribution in [1.82, 2.24) is 0 Å². The van der Waals surface area contributed by atoms with Gasteiger partial charge in [0.05, 0.1) is 5.69 Å². The predicted octanol–water partition coefficient (Wildman–Crippen LogP) is 3.39. The maximum atomic E-state index is 12.7. The Morgan fingerprint density at radius 2 is 1.68 bits per heavy atom. The number of carbonyl (C=O) groups is 1. The molecule has 2 aromatic carbocycles. The molecule has 130 valence electrons. The van der Waals surface area contributed by atoms with E-state index in [1.54, 1.807) is 25.1 Å². The SMILES string of the molecule is CC1Oc2ccccc2OC1C(=O)Nc1cc2c(cc1Br)OCCO2. The second-order valence-electron chi connectivity index (χ2n) is 5.77. The minimum Gasteiger partial charge on any atom is -0.486 e. The van der Waals surface area contributed by atoms with Crippen LogP contribution in [0.5, 0.6) is 23.0 Å². The second kappa shape index (κ2) is 6.48. The number of amides is 1. The molecule has 6 nitrogen and oxygen atoms in total. The summed E-state index contributed by atoms with van der Waals surface area (Å²) < 4.78 is 23.4. The summed E-state index contributed by atoms with van der Waals surface area (Å²) in [5, 5.41) is 2.86. The second-order valence-corrected chi connectivity index (χ2v) is 6.63. The molecule has 0 saturated heterocycles. The average Bonchev–Trinajstić information content (AvgIpc) is 2.61. The van der Waals surface area contributed by atoms with Gasteiger partial charge in [0.15, 0.2) is 23.0 Å². The summed E-state index contributed by atoms with van der Waals surface area (Å²) in [6, 6.07) is 10.8. The molecule has 0 aromatic heterocycles. The highest BCUT2D eigenvalue weighted by atomic mass is 79.9. The normalized spacial score (nSPS) is 20.7. The third kappa shape index (κ3) is 3.11. The van der Waals surface area contributed by atoms with Crippen molar-refractivity contribution in [3.63, 3.8) is 0 Å². The summed E-state index contributed by atoms with van der Waals surface area (Å²) >= 11 is 3.45. The Balaban J connectivity index is 1.54. The van der Waals surface area contributed by atoms with Crippen molar-refractivity contribution in [2.45, 2.75) is 19.1 Å². The Kier molecular flexibility index (Phi) is 4.17. The first kappa shape index (κ1) is 16.1. The Labute approximate surface area is 153 Å². The van der Waals surface area contributed by atoms with E-state index < -0.39 is 12.2 Å². The summed E-state index contributed by atoms with van der Waals surface area (Å²) in [5.41, 5.74) is 0.587. The fourth-order valence-corrected chi connectivity index (χ4v) is 3.19. The van der Waals surface area contributed by atoms with Crippen molar-refractivity contribution in [2.24, 2.45) is 0 Å². The highest BCUT2D eigenvalue weighted by Gasteiger charge is 2.34. The molecule has 2 heterocycles. The molecule has 2 aliphatic rings. The molecular weight excluding hydrogens is 390 g/mol. The van der Waals surface area contributed by atoms with E-state index in [1.807, 2.05) is 18.2 Å². The van der Waals surface area contributed by atoms with Gasteiger partial charge in [-0.3, -0.25) is 4.79 Å². The number of benzene rings is 2. The predicted molar refractivity (Wildman–Crippen MR) is 94.7 cm³/mol. The first-order valence-electron chi connectivity index (χ1n) is 7.94. The summed E-state index contributed by atoms with van der Waals surface area (Å²) in [6.45, 7) is 2.80. The van der Waals surface area contributed by atoms with Gasteiger partial charge in [0.25, 0.3) is 5.91 Å². The van der Waals surface area contributed by atoms with Gasteiger partial charge < -0.3 is 24.3 Å². The highest BCUT2D eigenvalue weighted by Crippen LogP contribution is 2.39. The van der Waals surface area contributed by atoms with Crippen LogP contribution in [0, 0.1) is 0 Å². The van der Waals surface area contributed by atoms with Gasteiger partial charge >= 0.3 is 0 Å². The van der Waals surface area contributed by atoms with E-state index in [9.17, 15) is 4.79 Å². The topological polar surface area (TPSA) is 66.0 Å². The minimum atomic E-state index is -0.755. The molecule has 25 heavy (non-hydrogen) atoms. The van der Waals surface area contributed by atoms with Gasteiger partial charge in [-0.1, -0.05) is 12.1 Å². The average molecular weight is 406 g/mol. The first-order chi connectivity index (χ1) is 12.1. The zero-order valence-corrected chi connectivity index (χ0v) is 15.0. The molecule has 1 N–H and O–H groups in total. The van der Waals surface area contributed by atoms with Crippen LogP contribution in [0.15, 0.2) is 40.9 Å². The molecule has 0 aliphatic carbocycles. The number of nitrogens with one attached hydrogen (secondary N) is 1. The number of carbonyl (C=O) groups excluding carboxylic acids is 1. The maximum Gasteiger partial charge on any atom is 0.269 e. The Morgan fingerprint density at radius 1 is 1.04 bits per heavy atom. The maximum absolute atomic E-state index is 12.7. The van der Waals surface area contributed by atoms with Crippen LogP contribution in [0.2, 0.25) is 0 Å². The Hall–Kier alpha value is -2.41. The summed E-state index contributed by atoms with van der Waals surface area (Å²) in [5.74, 6) is 2.15. The molecular formula is C18H16BrNO5. The van der Waals surface area contributed by atoms with Crippen LogP contribution >= 0.6 is 15.9 Å². The standard InChI is InChI=1S/C18H16BrNO5/c1-10-17(25-14-5-3-2-4-13(14)24-10)18(21)20-12-9-16-15(8-11(12)19)22-6-7-23-16/h2-5,8-10,17H,6-7H2,1H3,(H,20,21). The van der Waals surface area contributed by atoms with E-state index in [1.165, 1.54) is 0 Å². The molecule has 0 spiro atoms. The van der Waals surface area contributed by atoms with Crippen molar-refractivity contribution in [3.05, 3.63) is 40.9 Å². The van der Waals surface area contributed by atoms with Gasteiger partial charge in [0, 0.05) is 16.6 Å². The molecule has 0 bridgehead atoms. The van der Waals surface area contributed by atoms with E-state index in [2.05, 4.69) is 21.2 Å². The highest BCUT2D eigenvalue weighted by molar-refractivity contribution is 9.10. The van der Waals surface area contributed by atoms with Crippen LogP contribution in [0.4, 0.5) is 5.69 Å². The number of halogens is 1. The van der Waals surface area contributed by atoms with E-state index in [0.29, 0.717) is 46.4 Å². The van der Waals surface area contributed by atoms with Crippen molar-refractivity contribution >= 4 is 27.5 Å². The molecule has 2 atom stereocenters. The number of ether oxygens (including phenoxy) is 4. The van der Waals surface area contributed by atoms with Crippen LogP contribution in [-0.4, -0.2) is 31.3 Å². The number of hydrogen-bond donors (Lipinski definition) is 1. The number of fused-ring (bicyclic) bond motifs is 2. The van der Waals surface area contributed by atoms with Gasteiger partial charge in [-0.05, 0) is 35.0 Å². The van der Waals surface area contributed by atoms with Crippen LogP contribution in [0.1, 0.15) is 6.92 Å². The zero-order valence-electron chi connectivity index (χ0n) is 13.5. The lowest BCUT2D eigenvalue weighted by atomic mass is 10.1. The molecule has 0 saturated carbocycles. The van der Waals surface area contributed by atoms with E-state index >= 15 is 0 Å². The molecule has 2 aliphatic heterocycles. The number of rotatable bonds is 2. The largest absolute Gasteiger partial charge is 0.486 e. The molecule has 0 fully saturated rings. The molecule has 4 rings (SSSR count). The molecule has 7 heteroatoms. The lowest BCUT2D eigenvalue weighted by molar-refractivity contribution is -0.128. The van der Waals surface area contributed by atoms with Crippen LogP contribution in [0.25, 0.3) is 0 Å². The van der Waals surface area contributed by atoms with Crippen molar-refractivity contribution in [3.8, 4) is 23.0 Å². The van der Waals surface area contributed by atoms with Crippen LogP contribution < -0.4 is 24.3 Å². The Morgan fingerprint density at radius 3 is 2.40 bits per heavy atom. The van der Waals surface area contributed by atoms with Crippen molar-refractivity contribution in [2.75, 3.05) is 18.5 Å². The lowest BCUT2D eigenvalue weighted by Gasteiger charge is -2.31. The minimum absolute atomic E-state index is 0.292. The summed E-state index contributed by atoms with van der Waals surface area (Å²) in [4.78, 5) is 12.7. The van der Waals surface area contributed by atoms with E-state index in [4.69, 9.17) is 18.9 Å². The smallest absolute Gasteiger partial charge is 0.269 e. The molecule has 1 amide bonds. The fourth-order valence-electron chi connectivity index (χ4n) is 2.77. The molecule has 2 aromatic rings. The zero-order chi connectivity index (χ0) is 17.4. The summed E-state index contributed by atoms with van der Waals surface area (Å²) in [7, 11) is 0. The van der Waals surface area contributed by atoms with Gasteiger partial charge in [-0.25, -0.2) is 0 Å².